The number of β-amino-alcohol motifs (C(OH)–C–C–N with tert-alkyl or cyclic N) is 1. The van der Waals surface area contributed by atoms with Crippen LogP contribution in [0.15, 0.2) is 0 Å². The molecule has 4 heteroatoms. The fraction of sp³-hybridized carbons (Fsp3) is 0.909. The molecule has 15 heavy (non-hydrogen) atoms. The monoisotopic (exact) mass is 217 g/mol. The molecule has 0 unspecified atom stereocenters. The minimum atomic E-state index is -0.946. The molecule has 2 N–H and O–H groups in total. The molecule has 0 aromatic rings. The normalized spacial score (nSPS) is 13.3. The summed E-state index contributed by atoms with van der Waals surface area (Å²) in [4.78, 5) is 12.7. The van der Waals surface area contributed by atoms with Crippen molar-refractivity contribution >= 4 is 5.97 Å². The smallest absolute Gasteiger partial charge is 0.323 e. The number of aliphatic carboxylic acids is 1. The molecule has 0 spiro atoms. The molecule has 0 aromatic carbocycles. The van der Waals surface area contributed by atoms with Crippen molar-refractivity contribution in [3.63, 3.8) is 0 Å². The molecule has 0 saturated heterocycles. The Morgan fingerprint density at radius 2 is 1.67 bits per heavy atom. The molecule has 0 aliphatic heterocycles. The van der Waals surface area contributed by atoms with E-state index in [1.165, 1.54) is 0 Å². The molecule has 0 aliphatic rings. The summed E-state index contributed by atoms with van der Waals surface area (Å²) in [7, 11) is 1.73. The highest BCUT2D eigenvalue weighted by molar-refractivity contribution is 5.77. The zero-order valence-electron chi connectivity index (χ0n) is 10.4. The summed E-state index contributed by atoms with van der Waals surface area (Å²) >= 11 is 0. The van der Waals surface area contributed by atoms with Gasteiger partial charge in [0.2, 0.25) is 0 Å². The van der Waals surface area contributed by atoms with Crippen LogP contribution >= 0.6 is 0 Å². The standard InChI is InChI=1S/C11H23NO3/c1-6-11(15,7-2)8-12(5)10(3,4)9(13)14/h15H,6-8H2,1-5H3,(H,13,14). The Balaban J connectivity index is 4.61. The molecule has 0 aliphatic carbocycles. The summed E-state index contributed by atoms with van der Waals surface area (Å²) < 4.78 is 0. The van der Waals surface area contributed by atoms with Crippen molar-refractivity contribution in [1.82, 2.24) is 4.90 Å². The zero-order chi connectivity index (χ0) is 12.3. The molecule has 0 aromatic heterocycles. The van der Waals surface area contributed by atoms with Crippen molar-refractivity contribution in [1.29, 1.82) is 0 Å². The van der Waals surface area contributed by atoms with Gasteiger partial charge in [-0.1, -0.05) is 13.8 Å². The number of hydrogen-bond acceptors (Lipinski definition) is 3. The quantitative estimate of drug-likeness (QED) is 0.704. The fourth-order valence-electron chi connectivity index (χ4n) is 1.28. The number of nitrogens with zero attached hydrogens (tertiary/aromatic N) is 1. The number of likely N-dealkylation sites (N-methyl/N-ethyl adjacent to an activating group) is 1. The molecule has 0 heterocycles. The molecule has 0 bridgehead atoms. The average molecular weight is 217 g/mol. The maximum Gasteiger partial charge on any atom is 0.323 e. The highest BCUT2D eigenvalue weighted by Gasteiger charge is 2.36. The molecule has 0 radical (unpaired) electrons. The molecule has 4 nitrogen and oxygen atoms in total. The Morgan fingerprint density at radius 3 is 1.93 bits per heavy atom. The van der Waals surface area contributed by atoms with Crippen LogP contribution in [0, 0.1) is 0 Å². The van der Waals surface area contributed by atoms with Crippen molar-refractivity contribution in [3.05, 3.63) is 0 Å². The Labute approximate surface area is 91.9 Å². The summed E-state index contributed by atoms with van der Waals surface area (Å²) in [5, 5.41) is 19.1. The third kappa shape index (κ3) is 3.47. The molecular formula is C11H23NO3. The van der Waals surface area contributed by atoms with E-state index in [1.54, 1.807) is 25.8 Å². The molecule has 0 rings (SSSR count). The number of aliphatic hydroxyl groups is 1. The first-order valence-electron chi connectivity index (χ1n) is 5.36. The van der Waals surface area contributed by atoms with E-state index in [4.69, 9.17) is 5.11 Å². The number of carboxylic acids is 1. The second kappa shape index (κ2) is 4.94. The summed E-state index contributed by atoms with van der Waals surface area (Å²) in [5.41, 5.74) is -1.74. The molecule has 0 saturated carbocycles. The average Bonchev–Trinajstić information content (AvgIpc) is 2.17. The minimum Gasteiger partial charge on any atom is -0.480 e. The Bertz CT molecular complexity index is 222. The Hall–Kier alpha value is -0.610. The van der Waals surface area contributed by atoms with E-state index < -0.39 is 17.1 Å². The topological polar surface area (TPSA) is 60.8 Å². The highest BCUT2D eigenvalue weighted by atomic mass is 16.4. The van der Waals surface area contributed by atoms with Gasteiger partial charge in [-0.15, -0.1) is 0 Å². The van der Waals surface area contributed by atoms with E-state index in [0.717, 1.165) is 0 Å². The lowest BCUT2D eigenvalue weighted by Crippen LogP contribution is -2.53. The van der Waals surface area contributed by atoms with E-state index in [2.05, 4.69) is 0 Å². The summed E-state index contributed by atoms with van der Waals surface area (Å²) in [6.07, 6.45) is 1.26. The van der Waals surface area contributed by atoms with E-state index in [9.17, 15) is 9.90 Å². The van der Waals surface area contributed by atoms with Gasteiger partial charge in [-0.25, -0.2) is 0 Å². The van der Waals surface area contributed by atoms with Crippen LogP contribution in [0.5, 0.6) is 0 Å². The maximum atomic E-state index is 11.0. The van der Waals surface area contributed by atoms with Crippen LogP contribution in [-0.2, 0) is 4.79 Å². The van der Waals surface area contributed by atoms with E-state index >= 15 is 0 Å². The van der Waals surface area contributed by atoms with Crippen LogP contribution in [0.3, 0.4) is 0 Å². The van der Waals surface area contributed by atoms with E-state index in [0.29, 0.717) is 19.4 Å². The Morgan fingerprint density at radius 1 is 1.27 bits per heavy atom. The van der Waals surface area contributed by atoms with Crippen LogP contribution in [0.1, 0.15) is 40.5 Å². The number of carboxylic acid groups (broad SMARTS) is 1. The number of rotatable bonds is 6. The molecular weight excluding hydrogens is 194 g/mol. The maximum absolute atomic E-state index is 11.0. The van der Waals surface area contributed by atoms with Crippen molar-refractivity contribution < 1.29 is 15.0 Å². The van der Waals surface area contributed by atoms with E-state index in [-0.39, 0.29) is 0 Å². The number of carbonyl (C=O) groups is 1. The molecule has 0 atom stereocenters. The highest BCUT2D eigenvalue weighted by Crippen LogP contribution is 2.21. The summed E-state index contributed by atoms with van der Waals surface area (Å²) in [6, 6.07) is 0. The molecule has 0 fully saturated rings. The van der Waals surface area contributed by atoms with Crippen molar-refractivity contribution in [2.24, 2.45) is 0 Å². The second-order valence-electron chi connectivity index (χ2n) is 4.65. The van der Waals surface area contributed by atoms with Crippen LogP contribution in [0.4, 0.5) is 0 Å². The van der Waals surface area contributed by atoms with Gasteiger partial charge in [0.05, 0.1) is 5.60 Å². The second-order valence-corrected chi connectivity index (χ2v) is 4.65. The number of hydrogen-bond donors (Lipinski definition) is 2. The third-order valence-corrected chi connectivity index (χ3v) is 3.33. The van der Waals surface area contributed by atoms with Gasteiger partial charge in [0.15, 0.2) is 0 Å². The van der Waals surface area contributed by atoms with Gasteiger partial charge in [-0.05, 0) is 33.7 Å². The van der Waals surface area contributed by atoms with Gasteiger partial charge in [0, 0.05) is 6.54 Å². The van der Waals surface area contributed by atoms with Crippen LogP contribution in [0.25, 0.3) is 0 Å². The first-order chi connectivity index (χ1) is 6.69. The predicted molar refractivity (Wildman–Crippen MR) is 59.9 cm³/mol. The lowest BCUT2D eigenvalue weighted by atomic mass is 9.94. The van der Waals surface area contributed by atoms with Crippen molar-refractivity contribution in [3.8, 4) is 0 Å². The third-order valence-electron chi connectivity index (χ3n) is 3.33. The Kier molecular flexibility index (Phi) is 4.74. The zero-order valence-corrected chi connectivity index (χ0v) is 10.4. The van der Waals surface area contributed by atoms with E-state index in [1.807, 2.05) is 13.8 Å². The largest absolute Gasteiger partial charge is 0.480 e. The summed E-state index contributed by atoms with van der Waals surface area (Å²) in [5.74, 6) is -0.875. The van der Waals surface area contributed by atoms with Crippen molar-refractivity contribution in [2.75, 3.05) is 13.6 Å². The van der Waals surface area contributed by atoms with Gasteiger partial charge in [0.1, 0.15) is 5.54 Å². The van der Waals surface area contributed by atoms with Gasteiger partial charge < -0.3 is 10.2 Å². The minimum absolute atomic E-state index is 0.374. The fourth-order valence-corrected chi connectivity index (χ4v) is 1.28. The molecule has 0 amide bonds. The van der Waals surface area contributed by atoms with Crippen LogP contribution in [-0.4, -0.2) is 45.8 Å². The van der Waals surface area contributed by atoms with Crippen molar-refractivity contribution in [2.45, 2.75) is 51.7 Å². The van der Waals surface area contributed by atoms with Crippen LogP contribution < -0.4 is 0 Å². The predicted octanol–water partition coefficient (Wildman–Crippen LogP) is 1.33. The summed E-state index contributed by atoms with van der Waals surface area (Å²) in [6.45, 7) is 7.47. The van der Waals surface area contributed by atoms with Gasteiger partial charge in [0.25, 0.3) is 0 Å². The first kappa shape index (κ1) is 14.4. The van der Waals surface area contributed by atoms with Crippen LogP contribution in [0.2, 0.25) is 0 Å². The lowest BCUT2D eigenvalue weighted by molar-refractivity contribution is -0.150. The van der Waals surface area contributed by atoms with Gasteiger partial charge in [-0.3, -0.25) is 9.69 Å². The molecule has 90 valence electrons. The van der Waals surface area contributed by atoms with Gasteiger partial charge >= 0.3 is 5.97 Å². The van der Waals surface area contributed by atoms with Gasteiger partial charge in [-0.2, -0.15) is 0 Å². The SMILES string of the molecule is CCC(O)(CC)CN(C)C(C)(C)C(=O)O. The lowest BCUT2D eigenvalue weighted by Gasteiger charge is -2.37. The first-order valence-corrected chi connectivity index (χ1v) is 5.36.